The minimum Gasteiger partial charge on any atom is -0.411 e. The lowest BCUT2D eigenvalue weighted by Gasteiger charge is -2.20. The van der Waals surface area contributed by atoms with Crippen LogP contribution in [0, 0.1) is 11.8 Å². The number of nitrogens with zero attached hydrogens (tertiary/aromatic N) is 2. The molecule has 1 heterocycles. The van der Waals surface area contributed by atoms with Crippen LogP contribution in [-0.2, 0) is 0 Å². The molecule has 2 bridgehead atoms. The van der Waals surface area contributed by atoms with E-state index in [-0.39, 0.29) is 0 Å². The first kappa shape index (κ1) is 11.7. The van der Waals surface area contributed by atoms with Gasteiger partial charge in [-0.05, 0) is 37.3 Å². The summed E-state index contributed by atoms with van der Waals surface area (Å²) < 4.78 is 2.33. The summed E-state index contributed by atoms with van der Waals surface area (Å²) in [5.74, 6) is 1.19. The summed E-state index contributed by atoms with van der Waals surface area (Å²) in [6.07, 6.45) is 3.66. The fourth-order valence-electron chi connectivity index (χ4n) is 3.34. The van der Waals surface area contributed by atoms with Crippen LogP contribution in [0.3, 0.4) is 0 Å². The maximum Gasteiger partial charge on any atom is 0.151 e. The molecule has 98 valence electrons. The van der Waals surface area contributed by atoms with E-state index in [9.17, 15) is 5.21 Å². The maximum absolute atomic E-state index is 9.23. The molecule has 4 rings (SSSR count). The molecule has 1 aromatic carbocycles. The van der Waals surface area contributed by atoms with Crippen LogP contribution in [0.4, 0.5) is 0 Å². The molecule has 0 saturated heterocycles. The largest absolute Gasteiger partial charge is 0.411 e. The van der Waals surface area contributed by atoms with Gasteiger partial charge in [-0.3, -0.25) is 0 Å². The van der Waals surface area contributed by atoms with Crippen molar-refractivity contribution in [3.63, 3.8) is 0 Å². The van der Waals surface area contributed by atoms with Crippen LogP contribution in [0.2, 0.25) is 0 Å². The Balaban J connectivity index is 1.64. The third-order valence-corrected chi connectivity index (χ3v) is 6.77. The van der Waals surface area contributed by atoms with Gasteiger partial charge in [0.2, 0.25) is 0 Å². The van der Waals surface area contributed by atoms with Crippen molar-refractivity contribution in [2.75, 3.05) is 0 Å². The van der Waals surface area contributed by atoms with Gasteiger partial charge in [0, 0.05) is 5.92 Å². The Kier molecular flexibility index (Phi) is 2.77. The molecule has 2 aliphatic carbocycles. The smallest absolute Gasteiger partial charge is 0.151 e. The van der Waals surface area contributed by atoms with Crippen LogP contribution in [0.1, 0.15) is 19.3 Å². The van der Waals surface area contributed by atoms with E-state index in [1.165, 1.54) is 24.0 Å². The van der Waals surface area contributed by atoms with Crippen LogP contribution in [-0.4, -0.2) is 21.2 Å². The van der Waals surface area contributed by atoms with Gasteiger partial charge < -0.3 is 5.21 Å². The number of benzene rings is 1. The predicted molar refractivity (Wildman–Crippen MR) is 79.3 cm³/mol. The van der Waals surface area contributed by atoms with E-state index >= 15 is 0 Å². The van der Waals surface area contributed by atoms with Gasteiger partial charge in [-0.1, -0.05) is 29.1 Å². The summed E-state index contributed by atoms with van der Waals surface area (Å²) in [6, 6.07) is 8.23. The van der Waals surface area contributed by atoms with Crippen molar-refractivity contribution in [3.05, 3.63) is 24.3 Å². The molecule has 3 atom stereocenters. The molecule has 3 unspecified atom stereocenters. The molecule has 0 amide bonds. The lowest BCUT2D eigenvalue weighted by atomic mass is 9.98. The molecule has 19 heavy (non-hydrogen) atoms. The Bertz CT molecular complexity index is 619. The van der Waals surface area contributed by atoms with Crippen LogP contribution in [0.15, 0.2) is 33.8 Å². The van der Waals surface area contributed by atoms with E-state index in [0.29, 0.717) is 17.1 Å². The average molecular weight is 290 g/mol. The van der Waals surface area contributed by atoms with Crippen molar-refractivity contribution in [3.8, 4) is 0 Å². The fraction of sp³-hybridized carbons (Fsp3) is 0.429. The molecule has 5 heteroatoms. The molecule has 3 nitrogen and oxygen atoms in total. The first-order chi connectivity index (χ1) is 9.35. The number of thiazole rings is 1. The molecule has 2 aliphatic rings. The van der Waals surface area contributed by atoms with Crippen molar-refractivity contribution >= 4 is 39.0 Å². The molecule has 2 saturated carbocycles. The van der Waals surface area contributed by atoms with Gasteiger partial charge in [-0.2, -0.15) is 0 Å². The number of oxime groups is 1. The molecule has 0 spiro atoms. The molecule has 2 aromatic rings. The Morgan fingerprint density at radius 2 is 2.21 bits per heavy atom. The van der Waals surface area contributed by atoms with Crippen molar-refractivity contribution in [1.82, 2.24) is 4.98 Å². The lowest BCUT2D eigenvalue weighted by Crippen LogP contribution is -2.24. The number of hydrogen-bond acceptors (Lipinski definition) is 5. The van der Waals surface area contributed by atoms with E-state index < -0.39 is 0 Å². The predicted octanol–water partition coefficient (Wildman–Crippen LogP) is 4.02. The van der Waals surface area contributed by atoms with Gasteiger partial charge >= 0.3 is 0 Å². The van der Waals surface area contributed by atoms with Gasteiger partial charge in [0.1, 0.15) is 0 Å². The van der Waals surface area contributed by atoms with Crippen molar-refractivity contribution in [2.24, 2.45) is 17.0 Å². The Labute approximate surface area is 119 Å². The van der Waals surface area contributed by atoms with E-state index in [2.05, 4.69) is 22.3 Å². The first-order valence-electron chi connectivity index (χ1n) is 6.59. The highest BCUT2D eigenvalue weighted by atomic mass is 32.2. The summed E-state index contributed by atoms with van der Waals surface area (Å²) in [5.41, 5.74) is 2.07. The maximum atomic E-state index is 9.23. The van der Waals surface area contributed by atoms with Gasteiger partial charge in [0.25, 0.3) is 0 Å². The highest BCUT2D eigenvalue weighted by molar-refractivity contribution is 8.02. The summed E-state index contributed by atoms with van der Waals surface area (Å²) in [5, 5.41) is 13.1. The molecular weight excluding hydrogens is 276 g/mol. The van der Waals surface area contributed by atoms with Crippen LogP contribution >= 0.6 is 23.1 Å². The number of rotatable bonds is 2. The van der Waals surface area contributed by atoms with E-state index in [4.69, 9.17) is 0 Å². The number of para-hydroxylation sites is 1. The number of hydrogen-bond donors (Lipinski definition) is 1. The number of aromatic nitrogens is 1. The highest BCUT2D eigenvalue weighted by Crippen LogP contribution is 2.50. The van der Waals surface area contributed by atoms with Crippen molar-refractivity contribution in [1.29, 1.82) is 0 Å². The topological polar surface area (TPSA) is 45.5 Å². The third-order valence-electron chi connectivity index (χ3n) is 4.23. The monoisotopic (exact) mass is 290 g/mol. The molecule has 0 radical (unpaired) electrons. The number of fused-ring (bicyclic) bond motifs is 3. The fourth-order valence-corrected chi connectivity index (χ4v) is 5.98. The van der Waals surface area contributed by atoms with Crippen molar-refractivity contribution in [2.45, 2.75) is 28.9 Å². The summed E-state index contributed by atoms with van der Waals surface area (Å²) in [6.45, 7) is 0. The molecule has 1 N–H and O–H groups in total. The standard InChI is InChI=1S/C14H14N2OS2/c17-16-12-8-5-6-9(7-8)13(12)19-14-15-10-3-1-2-4-11(10)18-14/h1-4,8-9,13,17H,5-7H2/b16-12-. The Morgan fingerprint density at radius 1 is 1.32 bits per heavy atom. The van der Waals surface area contributed by atoms with Crippen LogP contribution in [0.25, 0.3) is 10.2 Å². The van der Waals surface area contributed by atoms with Gasteiger partial charge in [-0.25, -0.2) is 4.98 Å². The minimum atomic E-state index is 0.337. The minimum absolute atomic E-state index is 0.337. The van der Waals surface area contributed by atoms with E-state index in [1.807, 2.05) is 12.1 Å². The zero-order chi connectivity index (χ0) is 12.8. The number of thioether (sulfide) groups is 1. The third kappa shape index (κ3) is 1.87. The second kappa shape index (κ2) is 4.49. The van der Waals surface area contributed by atoms with Gasteiger partial charge in [0.15, 0.2) is 4.34 Å². The van der Waals surface area contributed by atoms with Gasteiger partial charge in [0.05, 0.1) is 21.2 Å². The highest BCUT2D eigenvalue weighted by Gasteiger charge is 2.46. The van der Waals surface area contributed by atoms with Gasteiger partial charge in [-0.15, -0.1) is 11.3 Å². The van der Waals surface area contributed by atoms with Crippen LogP contribution in [0.5, 0.6) is 0 Å². The average Bonchev–Trinajstić information content (AvgIpc) is 3.11. The molecule has 2 fully saturated rings. The SMILES string of the molecule is O/N=C1/C2CCC(C2)C1Sc1nc2ccccc2s1. The lowest BCUT2D eigenvalue weighted by molar-refractivity contribution is 0.314. The zero-order valence-electron chi connectivity index (χ0n) is 10.3. The normalized spacial score (nSPS) is 31.6. The summed E-state index contributed by atoms with van der Waals surface area (Å²) >= 11 is 3.53. The van der Waals surface area contributed by atoms with Crippen LogP contribution < -0.4 is 0 Å². The molecular formula is C14H14N2OS2. The summed E-state index contributed by atoms with van der Waals surface area (Å²) in [4.78, 5) is 4.67. The van der Waals surface area contributed by atoms with E-state index in [0.717, 1.165) is 15.6 Å². The van der Waals surface area contributed by atoms with Crippen molar-refractivity contribution < 1.29 is 5.21 Å². The molecule has 0 aliphatic heterocycles. The van der Waals surface area contributed by atoms with E-state index in [1.54, 1.807) is 23.1 Å². The quantitative estimate of drug-likeness (QED) is 0.671. The zero-order valence-corrected chi connectivity index (χ0v) is 12.0. The summed E-state index contributed by atoms with van der Waals surface area (Å²) in [7, 11) is 0. The Hall–Kier alpha value is -1.07. The molecule has 1 aromatic heterocycles. The Morgan fingerprint density at radius 3 is 3.05 bits per heavy atom. The second-order valence-electron chi connectivity index (χ2n) is 5.28. The second-order valence-corrected chi connectivity index (χ2v) is 7.70. The first-order valence-corrected chi connectivity index (χ1v) is 8.29.